The van der Waals surface area contributed by atoms with E-state index in [0.29, 0.717) is 44.3 Å². The summed E-state index contributed by atoms with van der Waals surface area (Å²) in [6.45, 7) is 6.26. The molecule has 8 heteroatoms. The number of carbonyl (C=O) groups excluding carboxylic acids is 1. The Morgan fingerprint density at radius 2 is 2.10 bits per heavy atom. The Bertz CT molecular complexity index is 1070. The van der Waals surface area contributed by atoms with E-state index in [2.05, 4.69) is 20.9 Å². The van der Waals surface area contributed by atoms with Crippen molar-refractivity contribution in [3.8, 4) is 6.07 Å². The van der Waals surface area contributed by atoms with Crippen LogP contribution in [-0.4, -0.2) is 56.4 Å². The predicted molar refractivity (Wildman–Crippen MR) is 114 cm³/mol. The van der Waals surface area contributed by atoms with E-state index in [1.165, 1.54) is 0 Å². The van der Waals surface area contributed by atoms with Gasteiger partial charge >= 0.3 is 0 Å². The second kappa shape index (κ2) is 7.65. The van der Waals surface area contributed by atoms with E-state index < -0.39 is 0 Å². The van der Waals surface area contributed by atoms with Crippen molar-refractivity contribution in [1.29, 1.82) is 5.26 Å². The number of imidazole rings is 1. The third-order valence-corrected chi connectivity index (χ3v) is 7.26. The first kappa shape index (κ1) is 20.0. The minimum atomic E-state index is -0.374. The molecular formula is C23H28N6O2. The zero-order valence-electron chi connectivity index (χ0n) is 17.9. The predicted octanol–water partition coefficient (Wildman–Crippen LogP) is 1.96. The molecule has 0 aromatic carbocycles. The van der Waals surface area contributed by atoms with Crippen LogP contribution < -0.4 is 5.56 Å². The molecule has 31 heavy (non-hydrogen) atoms. The number of hydrogen-bond donors (Lipinski definition) is 1. The van der Waals surface area contributed by atoms with Gasteiger partial charge in [-0.15, -0.1) is 0 Å². The fourth-order valence-electron chi connectivity index (χ4n) is 5.42. The van der Waals surface area contributed by atoms with Gasteiger partial charge in [-0.3, -0.25) is 14.5 Å². The van der Waals surface area contributed by atoms with Gasteiger partial charge in [0.25, 0.3) is 11.5 Å². The Labute approximate surface area is 181 Å². The summed E-state index contributed by atoms with van der Waals surface area (Å²) in [6, 6.07) is 6.06. The molecule has 2 aromatic rings. The molecule has 8 nitrogen and oxygen atoms in total. The summed E-state index contributed by atoms with van der Waals surface area (Å²) in [5, 5.41) is 9.32. The van der Waals surface area contributed by atoms with Gasteiger partial charge in [0.1, 0.15) is 11.4 Å². The maximum atomic E-state index is 13.3. The molecule has 3 aliphatic rings. The van der Waals surface area contributed by atoms with Crippen molar-refractivity contribution in [2.45, 2.75) is 45.2 Å². The second-order valence-electron chi connectivity index (χ2n) is 9.58. The summed E-state index contributed by atoms with van der Waals surface area (Å²) >= 11 is 0. The molecule has 1 amide bonds. The summed E-state index contributed by atoms with van der Waals surface area (Å²) in [5.74, 6) is 1.46. The number of piperidine rings is 2. The van der Waals surface area contributed by atoms with E-state index in [-0.39, 0.29) is 22.4 Å². The molecule has 0 saturated carbocycles. The van der Waals surface area contributed by atoms with Crippen molar-refractivity contribution in [3.63, 3.8) is 0 Å². The van der Waals surface area contributed by atoms with Gasteiger partial charge in [-0.25, -0.2) is 4.98 Å². The van der Waals surface area contributed by atoms with Crippen LogP contribution in [0.1, 0.15) is 54.0 Å². The molecule has 2 atom stereocenters. The fraction of sp³-hybridized carbons (Fsp3) is 0.565. The number of nitriles is 1. The van der Waals surface area contributed by atoms with Gasteiger partial charge in [-0.1, -0.05) is 0 Å². The van der Waals surface area contributed by atoms with Gasteiger partial charge in [0.05, 0.1) is 18.0 Å². The monoisotopic (exact) mass is 420 g/mol. The van der Waals surface area contributed by atoms with Gasteiger partial charge in [-0.2, -0.15) is 5.26 Å². The lowest BCUT2D eigenvalue weighted by Crippen LogP contribution is -2.48. The van der Waals surface area contributed by atoms with Gasteiger partial charge in [-0.05, 0) is 44.2 Å². The van der Waals surface area contributed by atoms with E-state index in [0.717, 1.165) is 37.6 Å². The zero-order valence-corrected chi connectivity index (χ0v) is 17.9. The van der Waals surface area contributed by atoms with Crippen molar-refractivity contribution in [1.82, 2.24) is 24.3 Å². The van der Waals surface area contributed by atoms with Crippen LogP contribution in [0.5, 0.6) is 0 Å². The number of nitrogens with one attached hydrogen (secondary N) is 1. The van der Waals surface area contributed by atoms with Gasteiger partial charge < -0.3 is 14.5 Å². The van der Waals surface area contributed by atoms with Gasteiger partial charge in [0.15, 0.2) is 0 Å². The molecule has 162 valence electrons. The quantitative estimate of drug-likeness (QED) is 0.819. The number of likely N-dealkylation sites (tertiary alicyclic amines) is 2. The lowest BCUT2D eigenvalue weighted by Gasteiger charge is -2.42. The highest BCUT2D eigenvalue weighted by atomic mass is 16.2. The third kappa shape index (κ3) is 3.68. The standard InChI is InChI=1S/C23H28N6O2/c1-23(15-24)4-8-28(9-5-23)21(30)18-2-3-19-17-10-16(12-29(19)22(18)31)11-27(13-17)14-20-25-6-7-26-20/h2-3,6-7,16-17H,4-5,8-14H2,1H3,(H,25,26)/t16-,17+/m0/s1. The lowest BCUT2D eigenvalue weighted by molar-refractivity contribution is 0.0657. The SMILES string of the molecule is CC1(C#N)CCN(C(=O)c2ccc3n(c2=O)C[C@H]2C[C@@H]3CN(Cc3ncc[nH]3)C2)CC1. The normalized spacial score (nSPS) is 25.0. The average Bonchev–Trinajstić information content (AvgIpc) is 3.27. The maximum absolute atomic E-state index is 13.3. The van der Waals surface area contributed by atoms with Gasteiger partial charge in [0, 0.05) is 56.7 Å². The van der Waals surface area contributed by atoms with Crippen LogP contribution in [0.3, 0.4) is 0 Å². The Kier molecular flexibility index (Phi) is 4.94. The molecule has 2 aromatic heterocycles. The van der Waals surface area contributed by atoms with Crippen LogP contribution in [0.25, 0.3) is 0 Å². The van der Waals surface area contributed by atoms with Crippen molar-refractivity contribution in [3.05, 3.63) is 52.0 Å². The maximum Gasteiger partial charge on any atom is 0.263 e. The minimum Gasteiger partial charge on any atom is -0.348 e. The van der Waals surface area contributed by atoms with Crippen molar-refractivity contribution in [2.75, 3.05) is 26.2 Å². The molecule has 0 spiro atoms. The minimum absolute atomic E-state index is 0.162. The summed E-state index contributed by atoms with van der Waals surface area (Å²) < 4.78 is 1.85. The molecule has 2 fully saturated rings. The van der Waals surface area contributed by atoms with Crippen molar-refractivity contribution < 1.29 is 4.79 Å². The van der Waals surface area contributed by atoms with Crippen molar-refractivity contribution in [2.24, 2.45) is 11.3 Å². The number of aromatic nitrogens is 3. The fourth-order valence-corrected chi connectivity index (χ4v) is 5.42. The molecule has 0 unspecified atom stereocenters. The molecule has 2 saturated heterocycles. The average molecular weight is 421 g/mol. The van der Waals surface area contributed by atoms with Crippen LogP contribution in [0.15, 0.2) is 29.3 Å². The number of nitrogens with zero attached hydrogens (tertiary/aromatic N) is 5. The van der Waals surface area contributed by atoms with Crippen LogP contribution in [0.4, 0.5) is 0 Å². The summed E-state index contributed by atoms with van der Waals surface area (Å²) in [7, 11) is 0. The van der Waals surface area contributed by atoms with Crippen LogP contribution in [-0.2, 0) is 13.1 Å². The number of fused-ring (bicyclic) bond motifs is 4. The third-order valence-electron chi connectivity index (χ3n) is 7.26. The highest BCUT2D eigenvalue weighted by molar-refractivity contribution is 5.94. The second-order valence-corrected chi connectivity index (χ2v) is 9.58. The molecule has 0 aliphatic carbocycles. The zero-order chi connectivity index (χ0) is 21.6. The number of aromatic amines is 1. The number of hydrogen-bond acceptors (Lipinski definition) is 5. The molecule has 5 heterocycles. The molecule has 0 radical (unpaired) electrons. The highest BCUT2D eigenvalue weighted by Crippen LogP contribution is 2.36. The smallest absolute Gasteiger partial charge is 0.263 e. The van der Waals surface area contributed by atoms with Crippen LogP contribution >= 0.6 is 0 Å². The summed E-state index contributed by atoms with van der Waals surface area (Å²) in [5.41, 5.74) is 0.764. The molecule has 5 rings (SSSR count). The van der Waals surface area contributed by atoms with Crippen LogP contribution in [0, 0.1) is 22.7 Å². The van der Waals surface area contributed by atoms with E-state index in [1.807, 2.05) is 23.8 Å². The van der Waals surface area contributed by atoms with Gasteiger partial charge in [0.2, 0.25) is 0 Å². The Balaban J connectivity index is 1.35. The summed E-state index contributed by atoms with van der Waals surface area (Å²) in [4.78, 5) is 38.0. The molecular weight excluding hydrogens is 392 g/mol. The highest BCUT2D eigenvalue weighted by Gasteiger charge is 2.37. The first-order chi connectivity index (χ1) is 15.0. The number of amides is 1. The largest absolute Gasteiger partial charge is 0.348 e. The Morgan fingerprint density at radius 1 is 1.29 bits per heavy atom. The Morgan fingerprint density at radius 3 is 2.81 bits per heavy atom. The van der Waals surface area contributed by atoms with E-state index in [9.17, 15) is 14.9 Å². The first-order valence-corrected chi connectivity index (χ1v) is 11.1. The van der Waals surface area contributed by atoms with E-state index in [1.54, 1.807) is 17.2 Å². The topological polar surface area (TPSA) is 98.0 Å². The van der Waals surface area contributed by atoms with Crippen molar-refractivity contribution >= 4 is 5.91 Å². The molecule has 2 bridgehead atoms. The number of pyridine rings is 1. The first-order valence-electron chi connectivity index (χ1n) is 11.1. The Hall–Kier alpha value is -2.92. The number of H-pyrrole nitrogens is 1. The summed E-state index contributed by atoms with van der Waals surface area (Å²) in [6.07, 6.45) is 6.00. The lowest BCUT2D eigenvalue weighted by atomic mass is 9.81. The number of rotatable bonds is 3. The molecule has 3 aliphatic heterocycles. The number of carbonyl (C=O) groups is 1. The van der Waals surface area contributed by atoms with E-state index >= 15 is 0 Å². The molecule has 1 N–H and O–H groups in total. The van der Waals surface area contributed by atoms with E-state index in [4.69, 9.17) is 0 Å². The van der Waals surface area contributed by atoms with Crippen LogP contribution in [0.2, 0.25) is 0 Å².